The van der Waals surface area contributed by atoms with Crippen LogP contribution in [-0.4, -0.2) is 76.0 Å². The van der Waals surface area contributed by atoms with E-state index in [4.69, 9.17) is 0 Å². The number of fused-ring (bicyclic) bond motifs is 18. The molecule has 4 aromatic carbocycles. The largest absolute Gasteiger partial charge is 0.480 e. The second-order valence-corrected chi connectivity index (χ2v) is 15.4. The second kappa shape index (κ2) is 20.2. The topological polar surface area (TPSA) is 203 Å². The number of aliphatic carboxylic acids is 1. The Labute approximate surface area is 345 Å². The number of rotatable bonds is 9. The molecule has 14 heteroatoms. The van der Waals surface area contributed by atoms with Gasteiger partial charge in [0.25, 0.3) is 5.91 Å². The SMILES string of the molecule is O=C1CC(O)C(=O)Nc2ccc(cc2)CC(C(=O)O)NC(=O)C(CCc2ccccc2)NC(=O)C(Cc2ccc(-c3ccccc3)cc2)NC(=O)C(Cc2cccs2)N1. The summed E-state index contributed by atoms with van der Waals surface area (Å²) < 4.78 is 0. The summed E-state index contributed by atoms with van der Waals surface area (Å²) in [6.07, 6.45) is -2.05. The number of hydrogen-bond acceptors (Lipinski definition) is 8. The number of benzene rings is 4. The summed E-state index contributed by atoms with van der Waals surface area (Å²) in [7, 11) is 0. The summed E-state index contributed by atoms with van der Waals surface area (Å²) >= 11 is 1.36. The van der Waals surface area contributed by atoms with Crippen LogP contribution in [-0.2, 0) is 54.5 Å². The summed E-state index contributed by atoms with van der Waals surface area (Å²) in [6.45, 7) is 0. The van der Waals surface area contributed by atoms with E-state index in [2.05, 4.69) is 26.6 Å². The van der Waals surface area contributed by atoms with E-state index < -0.39 is 72.2 Å². The predicted molar refractivity (Wildman–Crippen MR) is 223 cm³/mol. The predicted octanol–water partition coefficient (Wildman–Crippen LogP) is 3.80. The fourth-order valence-corrected chi connectivity index (χ4v) is 7.45. The van der Waals surface area contributed by atoms with E-state index in [1.165, 1.54) is 23.5 Å². The molecule has 0 spiro atoms. The van der Waals surface area contributed by atoms with Crippen LogP contribution < -0.4 is 26.6 Å². The van der Waals surface area contributed by atoms with Crippen molar-refractivity contribution in [3.63, 3.8) is 0 Å². The minimum absolute atomic E-state index is 0.00814. The zero-order valence-electron chi connectivity index (χ0n) is 32.0. The average molecular weight is 816 g/mol. The number of carboxylic acids is 1. The van der Waals surface area contributed by atoms with Crippen LogP contribution >= 0.6 is 11.3 Å². The molecule has 5 amide bonds. The van der Waals surface area contributed by atoms with Crippen molar-refractivity contribution in [2.24, 2.45) is 0 Å². The molecule has 13 nitrogen and oxygen atoms in total. The Morgan fingerprint density at radius 2 is 1.20 bits per heavy atom. The molecule has 2 aliphatic rings. The number of amides is 5. The van der Waals surface area contributed by atoms with Gasteiger partial charge in [0.1, 0.15) is 30.3 Å². The van der Waals surface area contributed by atoms with E-state index in [1.54, 1.807) is 24.3 Å². The lowest BCUT2D eigenvalue weighted by Gasteiger charge is -2.26. The van der Waals surface area contributed by atoms with Gasteiger partial charge in [0.05, 0.1) is 6.42 Å². The third kappa shape index (κ3) is 12.2. The number of aliphatic hydroxyl groups excluding tert-OH is 1. The van der Waals surface area contributed by atoms with Crippen LogP contribution in [0.1, 0.15) is 34.4 Å². The highest BCUT2D eigenvalue weighted by Gasteiger charge is 2.33. The molecule has 5 aromatic rings. The van der Waals surface area contributed by atoms with Gasteiger partial charge in [-0.2, -0.15) is 0 Å². The Morgan fingerprint density at radius 3 is 1.85 bits per heavy atom. The third-order valence-electron chi connectivity index (χ3n) is 9.93. The molecule has 0 saturated carbocycles. The van der Waals surface area contributed by atoms with Crippen LogP contribution in [0.5, 0.6) is 0 Å². The molecule has 5 unspecified atom stereocenters. The minimum atomic E-state index is -1.77. The van der Waals surface area contributed by atoms with Crippen LogP contribution in [0.2, 0.25) is 0 Å². The number of carboxylic acid groups (broad SMARTS) is 1. The average Bonchev–Trinajstić information content (AvgIpc) is 3.76. The standard InChI is InChI=1S/C45H45N5O8S/c51-39-27-40(52)47-37(26-34-12-7-23-59-34)43(55)49-36(24-29-13-18-32(19-14-29)31-10-5-2-6-11-31)42(54)48-35(22-17-28-8-3-1-4-9-28)41(53)50-38(45(57)58)25-30-15-20-33(21-16-30)46-44(39)56/h1-16,18-21,23,35-39,51H,17,22,24-27H2,(H,46,56)(H,47,52)(H,48,54)(H,49,55)(H,50,53)(H,57,58). The lowest BCUT2D eigenvalue weighted by Crippen LogP contribution is -2.58. The second-order valence-electron chi connectivity index (χ2n) is 14.3. The summed E-state index contributed by atoms with van der Waals surface area (Å²) in [5.41, 5.74) is 4.29. The quantitative estimate of drug-likeness (QED) is 0.109. The molecule has 5 atom stereocenters. The van der Waals surface area contributed by atoms with Gasteiger partial charge in [0.2, 0.25) is 23.6 Å². The molecular weight excluding hydrogens is 771 g/mol. The lowest BCUT2D eigenvalue weighted by atomic mass is 9.99. The molecule has 7 rings (SSSR count). The van der Waals surface area contributed by atoms with Crippen LogP contribution in [0.15, 0.2) is 127 Å². The summed E-state index contributed by atoms with van der Waals surface area (Å²) in [6, 6.07) is 31.1. The maximum atomic E-state index is 14.4. The Bertz CT molecular complexity index is 2220. The monoisotopic (exact) mass is 815 g/mol. The van der Waals surface area contributed by atoms with Gasteiger partial charge < -0.3 is 36.8 Å². The van der Waals surface area contributed by atoms with Gasteiger partial charge in [-0.25, -0.2) is 4.79 Å². The van der Waals surface area contributed by atoms with Crippen molar-refractivity contribution in [3.05, 3.63) is 148 Å². The van der Waals surface area contributed by atoms with Crippen LogP contribution in [0.25, 0.3) is 11.1 Å². The number of thiophene rings is 1. The van der Waals surface area contributed by atoms with E-state index in [-0.39, 0.29) is 31.4 Å². The maximum absolute atomic E-state index is 14.4. The minimum Gasteiger partial charge on any atom is -0.480 e. The first kappa shape index (κ1) is 42.0. The molecule has 2 bridgehead atoms. The van der Waals surface area contributed by atoms with Gasteiger partial charge in [0.15, 0.2) is 0 Å². The lowest BCUT2D eigenvalue weighted by molar-refractivity contribution is -0.142. The highest BCUT2D eigenvalue weighted by molar-refractivity contribution is 7.09. The number of aliphatic hydroxyl groups is 1. The van der Waals surface area contributed by atoms with Crippen molar-refractivity contribution < 1.29 is 39.0 Å². The van der Waals surface area contributed by atoms with Gasteiger partial charge in [-0.1, -0.05) is 103 Å². The van der Waals surface area contributed by atoms with Crippen molar-refractivity contribution in [2.75, 3.05) is 5.32 Å². The van der Waals surface area contributed by atoms with Crippen molar-refractivity contribution in [2.45, 2.75) is 68.8 Å². The first-order valence-electron chi connectivity index (χ1n) is 19.2. The summed E-state index contributed by atoms with van der Waals surface area (Å²) in [4.78, 5) is 82.0. The molecule has 0 radical (unpaired) electrons. The van der Waals surface area contributed by atoms with E-state index in [1.807, 2.05) is 90.3 Å². The van der Waals surface area contributed by atoms with Crippen LogP contribution in [0.4, 0.5) is 5.69 Å². The van der Waals surface area contributed by atoms with Crippen LogP contribution in [0.3, 0.4) is 0 Å². The Balaban J connectivity index is 1.34. The van der Waals surface area contributed by atoms with E-state index >= 15 is 0 Å². The molecule has 304 valence electrons. The summed E-state index contributed by atoms with van der Waals surface area (Å²) in [5.74, 6) is -5.10. The molecule has 7 N–H and O–H groups in total. The molecule has 0 aliphatic carbocycles. The van der Waals surface area contributed by atoms with Crippen molar-refractivity contribution in [3.8, 4) is 11.1 Å². The zero-order chi connectivity index (χ0) is 41.7. The Hall–Kier alpha value is -6.64. The first-order chi connectivity index (χ1) is 28.5. The fourth-order valence-electron chi connectivity index (χ4n) is 6.70. The number of nitrogens with one attached hydrogen (secondary N) is 5. The molecule has 0 fully saturated rings. The fraction of sp³-hybridized carbons (Fsp3) is 0.244. The molecule has 2 aliphatic heterocycles. The van der Waals surface area contributed by atoms with Crippen molar-refractivity contribution in [1.29, 1.82) is 0 Å². The van der Waals surface area contributed by atoms with E-state index in [9.17, 15) is 39.0 Å². The summed E-state index contributed by atoms with van der Waals surface area (Å²) in [5, 5.41) is 36.0. The van der Waals surface area contributed by atoms with Gasteiger partial charge in [-0.05, 0) is 64.2 Å². The maximum Gasteiger partial charge on any atom is 0.326 e. The van der Waals surface area contributed by atoms with Gasteiger partial charge >= 0.3 is 5.97 Å². The van der Waals surface area contributed by atoms with E-state index in [0.717, 1.165) is 21.6 Å². The molecule has 3 heterocycles. The number of anilines is 1. The number of carbonyl (C=O) groups excluding carboxylic acids is 5. The number of carbonyl (C=O) groups is 6. The van der Waals surface area contributed by atoms with Gasteiger partial charge in [0, 0.05) is 29.8 Å². The number of hydrogen-bond donors (Lipinski definition) is 7. The first-order valence-corrected chi connectivity index (χ1v) is 20.1. The third-order valence-corrected chi connectivity index (χ3v) is 10.8. The van der Waals surface area contributed by atoms with Crippen LogP contribution in [0, 0.1) is 0 Å². The van der Waals surface area contributed by atoms with E-state index in [0.29, 0.717) is 17.5 Å². The molecular formula is C45H45N5O8S. The Kier molecular flexibility index (Phi) is 14.4. The molecule has 1 aromatic heterocycles. The smallest absolute Gasteiger partial charge is 0.326 e. The highest BCUT2D eigenvalue weighted by atomic mass is 32.1. The normalized spacial score (nSPS) is 20.9. The molecule has 0 saturated heterocycles. The molecule has 59 heavy (non-hydrogen) atoms. The Morgan fingerprint density at radius 1 is 0.593 bits per heavy atom. The zero-order valence-corrected chi connectivity index (χ0v) is 32.8. The van der Waals surface area contributed by atoms with Gasteiger partial charge in [-0.15, -0.1) is 11.3 Å². The van der Waals surface area contributed by atoms with Gasteiger partial charge in [-0.3, -0.25) is 24.0 Å². The van der Waals surface area contributed by atoms with Crippen molar-refractivity contribution >= 4 is 52.5 Å². The highest BCUT2D eigenvalue weighted by Crippen LogP contribution is 2.21. The number of aryl methyl sites for hydroxylation is 1. The van der Waals surface area contributed by atoms with Crippen molar-refractivity contribution in [1.82, 2.24) is 21.3 Å².